The Bertz CT molecular complexity index is 459. The van der Waals surface area contributed by atoms with Crippen LogP contribution in [0.3, 0.4) is 0 Å². The second-order valence-corrected chi connectivity index (χ2v) is 3.91. The fraction of sp³-hybridized carbons (Fsp3) is 0.600. The van der Waals surface area contributed by atoms with E-state index < -0.39 is 0 Å². The molecule has 17 heavy (non-hydrogen) atoms. The molecule has 0 unspecified atom stereocenters. The summed E-state index contributed by atoms with van der Waals surface area (Å²) in [5, 5.41) is 15.2. The Balaban J connectivity index is 1.89. The lowest BCUT2D eigenvalue weighted by atomic mass is 10.4. The monoisotopic (exact) mass is 235 g/mol. The Labute approximate surface area is 99.9 Å². The first-order valence-electron chi connectivity index (χ1n) is 5.72. The maximum atomic E-state index is 4.31. The van der Waals surface area contributed by atoms with Crippen molar-refractivity contribution in [1.82, 2.24) is 35.1 Å². The maximum absolute atomic E-state index is 4.31. The molecule has 7 heteroatoms. The number of imidazole rings is 1. The van der Waals surface area contributed by atoms with Crippen molar-refractivity contribution in [2.75, 3.05) is 6.54 Å². The normalized spacial score (nSPS) is 10.9. The minimum absolute atomic E-state index is 0.606. The van der Waals surface area contributed by atoms with E-state index in [-0.39, 0.29) is 0 Å². The van der Waals surface area contributed by atoms with Crippen LogP contribution in [0.2, 0.25) is 0 Å². The molecule has 0 amide bonds. The number of nitrogens with one attached hydrogen (secondary N) is 1. The summed E-state index contributed by atoms with van der Waals surface area (Å²) in [7, 11) is 1.75. The Morgan fingerprint density at radius 2 is 2.29 bits per heavy atom. The molecule has 0 aliphatic rings. The molecule has 2 aromatic heterocycles. The summed E-state index contributed by atoms with van der Waals surface area (Å²) in [5.74, 6) is 0.693. The van der Waals surface area contributed by atoms with E-state index in [9.17, 15) is 0 Å². The van der Waals surface area contributed by atoms with Crippen molar-refractivity contribution in [3.8, 4) is 0 Å². The van der Waals surface area contributed by atoms with Crippen molar-refractivity contribution in [1.29, 1.82) is 0 Å². The van der Waals surface area contributed by atoms with Crippen LogP contribution in [0.15, 0.2) is 12.5 Å². The molecule has 92 valence electrons. The molecule has 0 spiro atoms. The van der Waals surface area contributed by atoms with Gasteiger partial charge in [0.05, 0.1) is 25.6 Å². The van der Waals surface area contributed by atoms with Crippen molar-refractivity contribution in [3.63, 3.8) is 0 Å². The summed E-state index contributed by atoms with van der Waals surface area (Å²) < 4.78 is 1.96. The van der Waals surface area contributed by atoms with E-state index in [0.29, 0.717) is 12.4 Å². The van der Waals surface area contributed by atoms with Crippen LogP contribution in [0.5, 0.6) is 0 Å². The molecule has 0 atom stereocenters. The maximum Gasteiger partial charge on any atom is 0.194 e. The van der Waals surface area contributed by atoms with Crippen LogP contribution < -0.4 is 5.32 Å². The number of nitrogens with zero attached hydrogens (tertiary/aromatic N) is 6. The van der Waals surface area contributed by atoms with Gasteiger partial charge >= 0.3 is 0 Å². The number of hydrogen-bond acceptors (Lipinski definition) is 5. The summed E-state index contributed by atoms with van der Waals surface area (Å²) in [6.45, 7) is 4.56. The topological polar surface area (TPSA) is 73.5 Å². The molecule has 0 saturated heterocycles. The van der Waals surface area contributed by atoms with Gasteiger partial charge in [-0.3, -0.25) is 0 Å². The van der Waals surface area contributed by atoms with Gasteiger partial charge in [0.25, 0.3) is 0 Å². The summed E-state index contributed by atoms with van der Waals surface area (Å²) in [6, 6.07) is 0. The predicted molar refractivity (Wildman–Crippen MR) is 62.1 cm³/mol. The van der Waals surface area contributed by atoms with Gasteiger partial charge in [0, 0.05) is 12.7 Å². The van der Waals surface area contributed by atoms with Gasteiger partial charge in [0.15, 0.2) is 5.82 Å². The number of aryl methyl sites for hydroxylation is 1. The summed E-state index contributed by atoms with van der Waals surface area (Å²) >= 11 is 0. The zero-order valence-corrected chi connectivity index (χ0v) is 10.2. The van der Waals surface area contributed by atoms with Gasteiger partial charge in [0.2, 0.25) is 0 Å². The van der Waals surface area contributed by atoms with Crippen LogP contribution in [0.4, 0.5) is 0 Å². The largest absolute Gasteiger partial charge is 0.329 e. The minimum Gasteiger partial charge on any atom is -0.329 e. The van der Waals surface area contributed by atoms with E-state index in [1.54, 1.807) is 13.4 Å². The Kier molecular flexibility index (Phi) is 3.81. The van der Waals surface area contributed by atoms with E-state index in [4.69, 9.17) is 0 Å². The SMILES string of the molecule is CCCNCc1cn(Cc2nnn(C)n2)cn1. The van der Waals surface area contributed by atoms with Crippen LogP contribution in [0.1, 0.15) is 24.9 Å². The Morgan fingerprint density at radius 3 is 3.00 bits per heavy atom. The van der Waals surface area contributed by atoms with Gasteiger partial charge in [-0.2, -0.15) is 4.80 Å². The van der Waals surface area contributed by atoms with Gasteiger partial charge in [-0.25, -0.2) is 4.98 Å². The fourth-order valence-electron chi connectivity index (χ4n) is 1.53. The van der Waals surface area contributed by atoms with Gasteiger partial charge in [-0.1, -0.05) is 6.92 Å². The van der Waals surface area contributed by atoms with Crippen LogP contribution in [0, 0.1) is 0 Å². The molecule has 0 aliphatic heterocycles. The van der Waals surface area contributed by atoms with Crippen molar-refractivity contribution < 1.29 is 0 Å². The standard InChI is InChI=1S/C10H17N7/c1-3-4-11-5-9-6-17(8-12-9)7-10-13-15-16(2)14-10/h6,8,11H,3-5,7H2,1-2H3. The quantitative estimate of drug-likeness (QED) is 0.711. The Morgan fingerprint density at radius 1 is 1.41 bits per heavy atom. The molecular formula is C10H17N7. The van der Waals surface area contributed by atoms with Gasteiger partial charge in [-0.05, 0) is 18.2 Å². The summed E-state index contributed by atoms with van der Waals surface area (Å²) in [4.78, 5) is 5.76. The smallest absolute Gasteiger partial charge is 0.194 e. The first kappa shape index (κ1) is 11.7. The lowest BCUT2D eigenvalue weighted by Gasteiger charge is -1.98. The highest BCUT2D eigenvalue weighted by atomic mass is 15.6. The molecule has 2 heterocycles. The van der Waals surface area contributed by atoms with Crippen LogP contribution in [-0.2, 0) is 20.1 Å². The number of tetrazole rings is 1. The fourth-order valence-corrected chi connectivity index (χ4v) is 1.53. The summed E-state index contributed by atoms with van der Waals surface area (Å²) in [6.07, 6.45) is 4.92. The molecule has 0 aromatic carbocycles. The average Bonchev–Trinajstić information content (AvgIpc) is 2.90. The van der Waals surface area contributed by atoms with E-state index >= 15 is 0 Å². The van der Waals surface area contributed by atoms with E-state index in [1.165, 1.54) is 4.80 Å². The zero-order valence-electron chi connectivity index (χ0n) is 10.2. The van der Waals surface area contributed by atoms with Gasteiger partial charge in [0.1, 0.15) is 0 Å². The van der Waals surface area contributed by atoms with Crippen LogP contribution >= 0.6 is 0 Å². The van der Waals surface area contributed by atoms with Gasteiger partial charge < -0.3 is 9.88 Å². The predicted octanol–water partition coefficient (Wildman–Crippen LogP) is -0.0455. The molecule has 0 fully saturated rings. The lowest BCUT2D eigenvalue weighted by Crippen LogP contribution is -2.13. The van der Waals surface area contributed by atoms with Crippen molar-refractivity contribution in [2.24, 2.45) is 7.05 Å². The molecule has 2 aromatic rings. The molecule has 7 nitrogen and oxygen atoms in total. The zero-order chi connectivity index (χ0) is 12.1. The van der Waals surface area contributed by atoms with Gasteiger partial charge in [-0.15, -0.1) is 10.2 Å². The molecule has 0 bridgehead atoms. The third-order valence-electron chi connectivity index (χ3n) is 2.29. The average molecular weight is 235 g/mol. The highest BCUT2D eigenvalue weighted by Gasteiger charge is 2.03. The first-order chi connectivity index (χ1) is 8.28. The van der Waals surface area contributed by atoms with Crippen LogP contribution in [0.25, 0.3) is 0 Å². The highest BCUT2D eigenvalue weighted by molar-refractivity contribution is 4.97. The molecule has 0 saturated carbocycles. The van der Waals surface area contributed by atoms with Crippen molar-refractivity contribution in [3.05, 3.63) is 24.0 Å². The third-order valence-corrected chi connectivity index (χ3v) is 2.29. The van der Waals surface area contributed by atoms with E-state index in [2.05, 4.69) is 32.6 Å². The molecular weight excluding hydrogens is 218 g/mol. The molecule has 1 N–H and O–H groups in total. The second-order valence-electron chi connectivity index (χ2n) is 3.91. The minimum atomic E-state index is 0.606. The van der Waals surface area contributed by atoms with Crippen molar-refractivity contribution >= 4 is 0 Å². The molecule has 0 radical (unpaired) electrons. The Hall–Kier alpha value is -1.76. The third kappa shape index (κ3) is 3.35. The van der Waals surface area contributed by atoms with Crippen LogP contribution in [-0.4, -0.2) is 36.3 Å². The highest BCUT2D eigenvalue weighted by Crippen LogP contribution is 1.98. The van der Waals surface area contributed by atoms with E-state index in [0.717, 1.165) is 25.2 Å². The van der Waals surface area contributed by atoms with Crippen molar-refractivity contribution in [2.45, 2.75) is 26.4 Å². The molecule has 2 rings (SSSR count). The van der Waals surface area contributed by atoms with E-state index in [1.807, 2.05) is 10.8 Å². The number of rotatable bonds is 6. The second kappa shape index (κ2) is 5.53. The number of aromatic nitrogens is 6. The molecule has 0 aliphatic carbocycles. The number of hydrogen-bond donors (Lipinski definition) is 1. The summed E-state index contributed by atoms with van der Waals surface area (Å²) in [5.41, 5.74) is 1.03. The first-order valence-corrected chi connectivity index (χ1v) is 5.72. The lowest BCUT2D eigenvalue weighted by molar-refractivity contribution is 0.625.